The lowest BCUT2D eigenvalue weighted by molar-refractivity contribution is -0.139. The van der Waals surface area contributed by atoms with Crippen molar-refractivity contribution in [2.75, 3.05) is 13.1 Å². The first-order chi connectivity index (χ1) is 6.13. The van der Waals surface area contributed by atoms with E-state index in [4.69, 9.17) is 5.11 Å². The molecule has 0 heterocycles. The van der Waals surface area contributed by atoms with Crippen molar-refractivity contribution < 1.29 is 9.90 Å². The van der Waals surface area contributed by atoms with Crippen LogP contribution in [0, 0.1) is 5.92 Å². The number of aliphatic carboxylic acids is 1. The molecule has 3 nitrogen and oxygen atoms in total. The molecule has 13 heavy (non-hydrogen) atoms. The second kappa shape index (κ2) is 4.42. The fourth-order valence-electron chi connectivity index (χ4n) is 1.84. The molecule has 1 rings (SSSR count). The molecule has 74 valence electrons. The summed E-state index contributed by atoms with van der Waals surface area (Å²) in [6.07, 6.45) is 4.02. The molecule has 1 aliphatic carbocycles. The Labute approximate surface area is 79.0 Å². The highest BCUT2D eigenvalue weighted by Gasteiger charge is 2.30. The van der Waals surface area contributed by atoms with Crippen LogP contribution in [0.2, 0.25) is 0 Å². The Balaban J connectivity index is 2.38. The topological polar surface area (TPSA) is 40.5 Å². The number of carboxylic acid groups (broad SMARTS) is 1. The number of nitrogens with zero attached hydrogens (tertiary/aromatic N) is 1. The summed E-state index contributed by atoms with van der Waals surface area (Å²) in [7, 11) is 0. The van der Waals surface area contributed by atoms with Crippen LogP contribution < -0.4 is 0 Å². The standard InChI is InChI=1S/C10H17NO2/c1-3-4-11(7-10(12)13)9-5-8(2)6-9/h3,8-9H,1,4-7H2,2H3,(H,12,13). The molecule has 0 bridgehead atoms. The van der Waals surface area contributed by atoms with E-state index >= 15 is 0 Å². The van der Waals surface area contributed by atoms with Crippen molar-refractivity contribution in [2.24, 2.45) is 5.92 Å². The Morgan fingerprint density at radius 1 is 1.69 bits per heavy atom. The average molecular weight is 183 g/mol. The van der Waals surface area contributed by atoms with Gasteiger partial charge >= 0.3 is 5.97 Å². The predicted octanol–water partition coefficient (Wildman–Crippen LogP) is 1.36. The van der Waals surface area contributed by atoms with Crippen molar-refractivity contribution in [2.45, 2.75) is 25.8 Å². The Hall–Kier alpha value is -0.830. The van der Waals surface area contributed by atoms with Gasteiger partial charge in [0.15, 0.2) is 0 Å². The summed E-state index contributed by atoms with van der Waals surface area (Å²) in [5.41, 5.74) is 0. The van der Waals surface area contributed by atoms with Crippen LogP contribution in [0.25, 0.3) is 0 Å². The largest absolute Gasteiger partial charge is 0.480 e. The van der Waals surface area contributed by atoms with E-state index in [1.807, 2.05) is 4.90 Å². The normalized spacial score (nSPS) is 26.9. The first kappa shape index (κ1) is 10.3. The zero-order chi connectivity index (χ0) is 9.84. The molecule has 1 N–H and O–H groups in total. The van der Waals surface area contributed by atoms with Crippen LogP contribution in [-0.4, -0.2) is 35.1 Å². The number of carbonyl (C=O) groups is 1. The molecule has 0 aromatic heterocycles. The third kappa shape index (κ3) is 2.84. The van der Waals surface area contributed by atoms with E-state index in [9.17, 15) is 4.79 Å². The Bertz CT molecular complexity index is 197. The van der Waals surface area contributed by atoms with Gasteiger partial charge in [0.25, 0.3) is 0 Å². The Morgan fingerprint density at radius 3 is 2.69 bits per heavy atom. The number of hydrogen-bond donors (Lipinski definition) is 1. The van der Waals surface area contributed by atoms with E-state index in [2.05, 4.69) is 13.5 Å². The van der Waals surface area contributed by atoms with Gasteiger partial charge in [0.2, 0.25) is 0 Å². The van der Waals surface area contributed by atoms with E-state index in [0.717, 1.165) is 18.8 Å². The smallest absolute Gasteiger partial charge is 0.317 e. The Morgan fingerprint density at radius 2 is 2.31 bits per heavy atom. The van der Waals surface area contributed by atoms with Crippen LogP contribution in [0.5, 0.6) is 0 Å². The molecular formula is C10H17NO2. The summed E-state index contributed by atoms with van der Waals surface area (Å²) in [5.74, 6) is 0.00696. The summed E-state index contributed by atoms with van der Waals surface area (Å²) in [5, 5.41) is 8.67. The van der Waals surface area contributed by atoms with Gasteiger partial charge in [-0.15, -0.1) is 6.58 Å². The van der Waals surface area contributed by atoms with Crippen LogP contribution in [0.3, 0.4) is 0 Å². The molecule has 0 spiro atoms. The molecule has 0 aromatic carbocycles. The highest BCUT2D eigenvalue weighted by Crippen LogP contribution is 2.30. The maximum Gasteiger partial charge on any atom is 0.317 e. The molecule has 0 amide bonds. The second-order valence-electron chi connectivity index (χ2n) is 3.84. The van der Waals surface area contributed by atoms with Crippen molar-refractivity contribution in [3.05, 3.63) is 12.7 Å². The third-order valence-corrected chi connectivity index (χ3v) is 2.57. The summed E-state index contributed by atoms with van der Waals surface area (Å²) in [4.78, 5) is 12.5. The van der Waals surface area contributed by atoms with E-state index in [1.54, 1.807) is 6.08 Å². The highest BCUT2D eigenvalue weighted by molar-refractivity contribution is 5.69. The molecule has 0 aromatic rings. The molecule has 1 aliphatic rings. The average Bonchev–Trinajstić information content (AvgIpc) is 1.97. The van der Waals surface area contributed by atoms with Crippen molar-refractivity contribution in [3.63, 3.8) is 0 Å². The fourth-order valence-corrected chi connectivity index (χ4v) is 1.84. The fraction of sp³-hybridized carbons (Fsp3) is 0.700. The molecule has 1 fully saturated rings. The minimum absolute atomic E-state index is 0.142. The lowest BCUT2D eigenvalue weighted by Gasteiger charge is -2.40. The van der Waals surface area contributed by atoms with Gasteiger partial charge in [-0.1, -0.05) is 13.0 Å². The molecule has 0 aliphatic heterocycles. The summed E-state index contributed by atoms with van der Waals surface area (Å²) in [6.45, 7) is 6.66. The van der Waals surface area contributed by atoms with Gasteiger partial charge in [-0.3, -0.25) is 9.69 Å². The van der Waals surface area contributed by atoms with Gasteiger partial charge in [0.05, 0.1) is 6.54 Å². The third-order valence-electron chi connectivity index (χ3n) is 2.57. The number of rotatable bonds is 5. The first-order valence-corrected chi connectivity index (χ1v) is 4.70. The van der Waals surface area contributed by atoms with Crippen molar-refractivity contribution in [1.82, 2.24) is 4.90 Å². The Kier molecular flexibility index (Phi) is 3.48. The van der Waals surface area contributed by atoms with Gasteiger partial charge in [-0.05, 0) is 18.8 Å². The molecule has 0 unspecified atom stereocenters. The molecule has 3 heteroatoms. The van der Waals surface area contributed by atoms with Crippen LogP contribution in [0.4, 0.5) is 0 Å². The number of carboxylic acids is 1. The van der Waals surface area contributed by atoms with Gasteiger partial charge in [-0.25, -0.2) is 0 Å². The first-order valence-electron chi connectivity index (χ1n) is 4.70. The maximum absolute atomic E-state index is 10.5. The molecular weight excluding hydrogens is 166 g/mol. The zero-order valence-corrected chi connectivity index (χ0v) is 8.07. The molecule has 0 saturated heterocycles. The summed E-state index contributed by atoms with van der Waals surface area (Å²) >= 11 is 0. The van der Waals surface area contributed by atoms with E-state index in [1.165, 1.54) is 0 Å². The minimum atomic E-state index is -0.749. The molecule has 1 saturated carbocycles. The lowest BCUT2D eigenvalue weighted by Crippen LogP contribution is -2.46. The van der Waals surface area contributed by atoms with Crippen LogP contribution in [-0.2, 0) is 4.79 Å². The van der Waals surface area contributed by atoms with Gasteiger partial charge in [0, 0.05) is 12.6 Å². The van der Waals surface area contributed by atoms with Gasteiger partial charge < -0.3 is 5.11 Å². The van der Waals surface area contributed by atoms with E-state index < -0.39 is 5.97 Å². The maximum atomic E-state index is 10.5. The highest BCUT2D eigenvalue weighted by atomic mass is 16.4. The zero-order valence-electron chi connectivity index (χ0n) is 8.07. The van der Waals surface area contributed by atoms with E-state index in [-0.39, 0.29) is 6.54 Å². The predicted molar refractivity (Wildman–Crippen MR) is 51.6 cm³/mol. The number of hydrogen-bond acceptors (Lipinski definition) is 2. The second-order valence-corrected chi connectivity index (χ2v) is 3.84. The summed E-state index contributed by atoms with van der Waals surface area (Å²) < 4.78 is 0. The molecule has 0 radical (unpaired) electrons. The van der Waals surface area contributed by atoms with Gasteiger partial charge in [0.1, 0.15) is 0 Å². The lowest BCUT2D eigenvalue weighted by atomic mass is 9.81. The van der Waals surface area contributed by atoms with Crippen molar-refractivity contribution >= 4 is 5.97 Å². The van der Waals surface area contributed by atoms with Crippen molar-refractivity contribution in [3.8, 4) is 0 Å². The monoisotopic (exact) mass is 183 g/mol. The van der Waals surface area contributed by atoms with Crippen molar-refractivity contribution in [1.29, 1.82) is 0 Å². The van der Waals surface area contributed by atoms with E-state index in [0.29, 0.717) is 12.6 Å². The van der Waals surface area contributed by atoms with Crippen LogP contribution >= 0.6 is 0 Å². The van der Waals surface area contributed by atoms with Crippen LogP contribution in [0.1, 0.15) is 19.8 Å². The van der Waals surface area contributed by atoms with Crippen LogP contribution in [0.15, 0.2) is 12.7 Å². The van der Waals surface area contributed by atoms with Gasteiger partial charge in [-0.2, -0.15) is 0 Å². The quantitative estimate of drug-likeness (QED) is 0.654. The molecule has 0 atom stereocenters. The SMILES string of the molecule is C=CCN(CC(=O)O)C1CC(C)C1. The summed E-state index contributed by atoms with van der Waals surface area (Å²) in [6, 6.07) is 0.462. The minimum Gasteiger partial charge on any atom is -0.480 e.